The summed E-state index contributed by atoms with van der Waals surface area (Å²) in [4.78, 5) is 58.3. The van der Waals surface area contributed by atoms with Gasteiger partial charge in [0.15, 0.2) is 11.9 Å². The first-order valence-electron chi connectivity index (χ1n) is 19.7. The molecule has 0 aliphatic heterocycles. The number of esters is 2. The van der Waals surface area contributed by atoms with Crippen molar-refractivity contribution in [2.45, 2.75) is 148 Å². The molecule has 1 rings (SSSR count). The molecule has 0 amide bonds. The Morgan fingerprint density at radius 2 is 1.46 bits per heavy atom. The van der Waals surface area contributed by atoms with E-state index < -0.39 is 63.8 Å². The standard InChI is InChI=1S/C40H66NO12P/c1-3-5-7-8-9-10-11-12-13-14-20-24-39(45)53-34(30-51-54(48,49)52-31-36(41)40(46)47)29-50-38(44)23-19-16-15-18-21-32-25-28-37(43)35(32)27-26-33(42)22-17-6-4-2/h8-9,15,18,25-28,32-36,42H,3-7,10-14,16-17,19-24,29-31,41H2,1-2H3,(H,46,47)(H,48,49)/b9-8-,18-15-,27-26+/t32-,33-,34+,35+,36-/m0/s1. The van der Waals surface area contributed by atoms with Gasteiger partial charge in [0, 0.05) is 18.8 Å². The van der Waals surface area contributed by atoms with Gasteiger partial charge in [-0.2, -0.15) is 0 Å². The topological polar surface area (TPSA) is 209 Å². The number of allylic oxidation sites excluding steroid dienone is 7. The van der Waals surface area contributed by atoms with E-state index in [4.69, 9.17) is 24.8 Å². The van der Waals surface area contributed by atoms with Crippen molar-refractivity contribution in [3.63, 3.8) is 0 Å². The minimum absolute atomic E-state index is 0.000708. The highest BCUT2D eigenvalue weighted by molar-refractivity contribution is 7.47. The quantitative estimate of drug-likeness (QED) is 0.0221. The number of carboxylic acid groups (broad SMARTS) is 1. The number of aliphatic hydroxyl groups excluding tert-OH is 1. The van der Waals surface area contributed by atoms with E-state index in [9.17, 15) is 33.7 Å². The van der Waals surface area contributed by atoms with Gasteiger partial charge in [-0.3, -0.25) is 28.2 Å². The molecule has 54 heavy (non-hydrogen) atoms. The van der Waals surface area contributed by atoms with Crippen LogP contribution in [0.4, 0.5) is 0 Å². The third kappa shape index (κ3) is 25.2. The lowest BCUT2D eigenvalue weighted by Gasteiger charge is -2.20. The second kappa shape index (κ2) is 30.3. The Balaban J connectivity index is 2.52. The lowest BCUT2D eigenvalue weighted by atomic mass is 9.90. The largest absolute Gasteiger partial charge is 0.480 e. The summed E-state index contributed by atoms with van der Waals surface area (Å²) in [5.74, 6) is -2.86. The number of ketones is 1. The van der Waals surface area contributed by atoms with Crippen LogP contribution < -0.4 is 5.73 Å². The Bertz CT molecular complexity index is 1250. The number of nitrogens with two attached hydrogens (primary N) is 1. The van der Waals surface area contributed by atoms with Gasteiger partial charge in [-0.25, -0.2) is 4.57 Å². The van der Waals surface area contributed by atoms with Crippen LogP contribution >= 0.6 is 7.82 Å². The predicted octanol–water partition coefficient (Wildman–Crippen LogP) is 7.45. The number of hydrogen-bond donors (Lipinski definition) is 4. The first-order chi connectivity index (χ1) is 25.9. The molecule has 0 aromatic carbocycles. The van der Waals surface area contributed by atoms with Crippen LogP contribution in [0.25, 0.3) is 0 Å². The summed E-state index contributed by atoms with van der Waals surface area (Å²) in [7, 11) is -4.76. The third-order valence-electron chi connectivity index (χ3n) is 8.80. The van der Waals surface area contributed by atoms with Gasteiger partial charge in [0.25, 0.3) is 0 Å². The van der Waals surface area contributed by atoms with Crippen molar-refractivity contribution in [3.8, 4) is 0 Å². The zero-order chi connectivity index (χ0) is 40.0. The third-order valence-corrected chi connectivity index (χ3v) is 9.75. The molecule has 13 nitrogen and oxygen atoms in total. The Labute approximate surface area is 322 Å². The van der Waals surface area contributed by atoms with Gasteiger partial charge < -0.3 is 30.3 Å². The van der Waals surface area contributed by atoms with Gasteiger partial charge in [-0.15, -0.1) is 0 Å². The molecule has 0 saturated heterocycles. The van der Waals surface area contributed by atoms with Crippen LogP contribution in [0.3, 0.4) is 0 Å². The number of carbonyl (C=O) groups is 4. The van der Waals surface area contributed by atoms with Crippen LogP contribution in [0, 0.1) is 11.8 Å². The van der Waals surface area contributed by atoms with Gasteiger partial charge in [-0.1, -0.05) is 108 Å². The van der Waals surface area contributed by atoms with Gasteiger partial charge in [0.2, 0.25) is 0 Å². The predicted molar refractivity (Wildman–Crippen MR) is 207 cm³/mol. The van der Waals surface area contributed by atoms with Crippen molar-refractivity contribution in [2.75, 3.05) is 19.8 Å². The summed E-state index contributed by atoms with van der Waals surface area (Å²) in [6.07, 6.45) is 28.2. The second-order valence-corrected chi connectivity index (χ2v) is 15.2. The number of phosphoric acid groups is 1. The molecule has 1 aliphatic rings. The normalized spacial score (nSPS) is 18.7. The molecule has 1 unspecified atom stereocenters. The van der Waals surface area contributed by atoms with E-state index in [0.29, 0.717) is 32.1 Å². The minimum atomic E-state index is -4.76. The first kappa shape index (κ1) is 49.1. The lowest BCUT2D eigenvalue weighted by molar-refractivity contribution is -0.161. The van der Waals surface area contributed by atoms with Crippen molar-refractivity contribution in [1.29, 1.82) is 0 Å². The number of rotatable bonds is 33. The fourth-order valence-corrected chi connectivity index (χ4v) is 6.28. The molecule has 0 saturated carbocycles. The Morgan fingerprint density at radius 3 is 2.19 bits per heavy atom. The average molecular weight is 784 g/mol. The monoisotopic (exact) mass is 783 g/mol. The fourth-order valence-electron chi connectivity index (χ4n) is 5.51. The van der Waals surface area contributed by atoms with Crippen LogP contribution in [0.1, 0.15) is 129 Å². The number of ether oxygens (including phenoxy) is 2. The molecule has 308 valence electrons. The van der Waals surface area contributed by atoms with Crippen molar-refractivity contribution in [3.05, 3.63) is 48.6 Å². The van der Waals surface area contributed by atoms with Gasteiger partial charge in [0.05, 0.1) is 19.3 Å². The highest BCUT2D eigenvalue weighted by Gasteiger charge is 2.29. The Hall–Kier alpha value is -2.93. The molecule has 6 atom stereocenters. The van der Waals surface area contributed by atoms with Crippen molar-refractivity contribution in [2.24, 2.45) is 17.6 Å². The Morgan fingerprint density at radius 1 is 0.833 bits per heavy atom. The minimum Gasteiger partial charge on any atom is -0.480 e. The maximum Gasteiger partial charge on any atom is 0.472 e. The maximum atomic E-state index is 12.6. The molecule has 1 aliphatic carbocycles. The molecule has 5 N–H and O–H groups in total. The molecule has 0 radical (unpaired) electrons. The fraction of sp³-hybridized carbons (Fsp3) is 0.700. The SMILES string of the molecule is CCCC/C=C\CCCCCCCC(=O)O[C@H](COC(=O)CCC/C=C\C[C@H]1C=CC(=O)[C@@H]1/C=C/[C@@H](O)CCCCC)COP(=O)(O)OC[C@H](N)C(=O)O. The number of aliphatic hydroxyl groups is 1. The summed E-state index contributed by atoms with van der Waals surface area (Å²) in [6.45, 7) is 2.42. The molecule has 0 aromatic rings. The molecular formula is C40H66NO12P. The highest BCUT2D eigenvalue weighted by atomic mass is 31.2. The molecule has 14 heteroatoms. The van der Waals surface area contributed by atoms with E-state index in [1.165, 1.54) is 12.8 Å². The highest BCUT2D eigenvalue weighted by Crippen LogP contribution is 2.43. The first-order valence-corrected chi connectivity index (χ1v) is 21.2. The van der Waals surface area contributed by atoms with E-state index >= 15 is 0 Å². The number of carbonyl (C=O) groups excluding carboxylic acids is 3. The molecule has 0 spiro atoms. The van der Waals surface area contributed by atoms with Crippen LogP contribution in [0.15, 0.2) is 48.6 Å². The van der Waals surface area contributed by atoms with Crippen LogP contribution in [0.5, 0.6) is 0 Å². The van der Waals surface area contributed by atoms with Crippen LogP contribution in [0.2, 0.25) is 0 Å². The number of hydrogen-bond acceptors (Lipinski definition) is 11. The molecule has 0 aromatic heterocycles. The van der Waals surface area contributed by atoms with Gasteiger partial charge >= 0.3 is 25.7 Å². The zero-order valence-electron chi connectivity index (χ0n) is 32.4. The number of aliphatic carboxylic acids is 1. The Kier molecular flexibility index (Phi) is 27.6. The molecule has 0 bridgehead atoms. The van der Waals surface area contributed by atoms with E-state index in [0.717, 1.165) is 57.8 Å². The number of carboxylic acids is 1. The summed E-state index contributed by atoms with van der Waals surface area (Å²) in [6, 6.07) is -1.55. The van der Waals surface area contributed by atoms with E-state index in [1.54, 1.807) is 18.2 Å². The number of phosphoric ester groups is 1. The second-order valence-electron chi connectivity index (χ2n) is 13.7. The maximum absolute atomic E-state index is 12.6. The summed E-state index contributed by atoms with van der Waals surface area (Å²) < 4.78 is 32.5. The van der Waals surface area contributed by atoms with E-state index in [2.05, 4.69) is 30.5 Å². The van der Waals surface area contributed by atoms with Crippen molar-refractivity contribution < 1.29 is 57.4 Å². The summed E-state index contributed by atoms with van der Waals surface area (Å²) in [5, 5.41) is 19.1. The lowest BCUT2D eigenvalue weighted by Crippen LogP contribution is -2.34. The summed E-state index contributed by atoms with van der Waals surface area (Å²) in [5.41, 5.74) is 5.31. The molecular weight excluding hydrogens is 717 g/mol. The van der Waals surface area contributed by atoms with E-state index in [-0.39, 0.29) is 30.5 Å². The van der Waals surface area contributed by atoms with Crippen LogP contribution in [-0.4, -0.2) is 76.9 Å². The van der Waals surface area contributed by atoms with Crippen molar-refractivity contribution in [1.82, 2.24) is 0 Å². The summed E-state index contributed by atoms with van der Waals surface area (Å²) >= 11 is 0. The van der Waals surface area contributed by atoms with Gasteiger partial charge in [-0.05, 0) is 63.4 Å². The van der Waals surface area contributed by atoms with Crippen molar-refractivity contribution >= 4 is 31.5 Å². The zero-order valence-corrected chi connectivity index (χ0v) is 33.3. The number of unbranched alkanes of at least 4 members (excludes halogenated alkanes) is 10. The van der Waals surface area contributed by atoms with Gasteiger partial charge in [0.1, 0.15) is 12.6 Å². The molecule has 0 heterocycles. The van der Waals surface area contributed by atoms with Crippen LogP contribution in [-0.2, 0) is 42.3 Å². The molecule has 0 fully saturated rings. The average Bonchev–Trinajstić information content (AvgIpc) is 3.49. The smallest absolute Gasteiger partial charge is 0.472 e. The van der Waals surface area contributed by atoms with E-state index in [1.807, 2.05) is 18.2 Å².